The van der Waals surface area contributed by atoms with Crippen molar-refractivity contribution in [3.05, 3.63) is 35.4 Å². The fourth-order valence-corrected chi connectivity index (χ4v) is 2.95. The largest absolute Gasteiger partial charge is 0.462 e. The summed E-state index contributed by atoms with van der Waals surface area (Å²) >= 11 is 4.68. The van der Waals surface area contributed by atoms with E-state index in [0.717, 1.165) is 23.9 Å². The number of esters is 2. The highest BCUT2D eigenvalue weighted by Gasteiger charge is 2.13. The molecule has 1 unspecified atom stereocenters. The molecule has 1 aromatic carbocycles. The van der Waals surface area contributed by atoms with E-state index in [1.165, 1.54) is 17.8 Å². The molecule has 0 fully saturated rings. The number of unbranched alkanes of at least 4 members (excludes halogenated alkanes) is 2. The minimum atomic E-state index is -0.462. The van der Waals surface area contributed by atoms with E-state index in [0.29, 0.717) is 37.2 Å². The van der Waals surface area contributed by atoms with Crippen LogP contribution < -0.4 is 0 Å². The Hall–Kier alpha value is -1.34. The van der Waals surface area contributed by atoms with Crippen LogP contribution in [-0.2, 0) is 14.3 Å². The molecule has 1 atom stereocenters. The predicted octanol–water partition coefficient (Wildman–Crippen LogP) is 4.87. The molecular formula is C20H27BrO5S. The Morgan fingerprint density at radius 2 is 1.74 bits per heavy atom. The molecule has 0 saturated heterocycles. The third-order valence-corrected chi connectivity index (χ3v) is 5.58. The van der Waals surface area contributed by atoms with Crippen LogP contribution in [0.1, 0.15) is 60.2 Å². The minimum absolute atomic E-state index is 0.212. The zero-order chi connectivity index (χ0) is 20.1. The summed E-state index contributed by atoms with van der Waals surface area (Å²) in [5, 5.41) is 0.960. The molecule has 0 aliphatic heterocycles. The lowest BCUT2D eigenvalue weighted by atomic mass is 10.1. The second-order valence-corrected chi connectivity index (χ2v) is 8.16. The molecule has 1 rings (SSSR count). The Kier molecular flexibility index (Phi) is 12.1. The van der Waals surface area contributed by atoms with Gasteiger partial charge in [0.2, 0.25) is 0 Å². The van der Waals surface area contributed by atoms with Crippen molar-refractivity contribution >= 4 is 44.7 Å². The Bertz CT molecular complexity index is 620. The topological polar surface area (TPSA) is 69.7 Å². The second kappa shape index (κ2) is 13.8. The number of carbonyl (C=O) groups excluding carboxylic acids is 3. The van der Waals surface area contributed by atoms with Crippen LogP contribution in [0, 0.1) is 5.92 Å². The number of carbonyl (C=O) groups is 3. The SMILES string of the molecule is CCSC(=O)CCCCCOC(=O)c1cccc(C(=O)OCC(C)CBr)c1. The molecule has 0 spiro atoms. The van der Waals surface area contributed by atoms with Crippen molar-refractivity contribution < 1.29 is 23.9 Å². The lowest BCUT2D eigenvalue weighted by Gasteiger charge is -2.10. The van der Waals surface area contributed by atoms with Crippen molar-refractivity contribution in [3.63, 3.8) is 0 Å². The highest BCUT2D eigenvalue weighted by molar-refractivity contribution is 9.09. The van der Waals surface area contributed by atoms with Gasteiger partial charge >= 0.3 is 11.9 Å². The van der Waals surface area contributed by atoms with Crippen molar-refractivity contribution in [2.45, 2.75) is 39.5 Å². The molecule has 5 nitrogen and oxygen atoms in total. The van der Waals surface area contributed by atoms with E-state index in [1.54, 1.807) is 18.2 Å². The summed E-state index contributed by atoms with van der Waals surface area (Å²) in [6, 6.07) is 6.35. The van der Waals surface area contributed by atoms with Crippen molar-refractivity contribution in [1.82, 2.24) is 0 Å². The molecule has 0 aliphatic rings. The number of thioether (sulfide) groups is 1. The van der Waals surface area contributed by atoms with Crippen LogP contribution in [-0.4, -0.2) is 41.4 Å². The van der Waals surface area contributed by atoms with Gasteiger partial charge in [-0.2, -0.15) is 0 Å². The average Bonchev–Trinajstić information content (AvgIpc) is 2.68. The number of rotatable bonds is 12. The van der Waals surface area contributed by atoms with Crippen LogP contribution in [0.5, 0.6) is 0 Å². The van der Waals surface area contributed by atoms with Crippen LogP contribution in [0.4, 0.5) is 0 Å². The monoisotopic (exact) mass is 458 g/mol. The van der Waals surface area contributed by atoms with E-state index in [2.05, 4.69) is 15.9 Å². The fraction of sp³-hybridized carbons (Fsp3) is 0.550. The first-order valence-electron chi connectivity index (χ1n) is 9.13. The zero-order valence-electron chi connectivity index (χ0n) is 15.9. The molecule has 0 aromatic heterocycles. The molecule has 0 heterocycles. The molecular weight excluding hydrogens is 432 g/mol. The Labute approximate surface area is 173 Å². The Morgan fingerprint density at radius 1 is 1.07 bits per heavy atom. The van der Waals surface area contributed by atoms with Gasteiger partial charge in [0.05, 0.1) is 24.3 Å². The van der Waals surface area contributed by atoms with E-state index in [9.17, 15) is 14.4 Å². The highest BCUT2D eigenvalue weighted by Crippen LogP contribution is 2.12. The first-order chi connectivity index (χ1) is 13.0. The van der Waals surface area contributed by atoms with Crippen LogP contribution >= 0.6 is 27.7 Å². The van der Waals surface area contributed by atoms with Gasteiger partial charge in [0.1, 0.15) is 0 Å². The van der Waals surface area contributed by atoms with Gasteiger partial charge < -0.3 is 9.47 Å². The van der Waals surface area contributed by atoms with E-state index in [4.69, 9.17) is 9.47 Å². The summed E-state index contributed by atoms with van der Waals surface area (Å²) in [7, 11) is 0. The zero-order valence-corrected chi connectivity index (χ0v) is 18.3. The van der Waals surface area contributed by atoms with Gasteiger partial charge in [-0.25, -0.2) is 9.59 Å². The highest BCUT2D eigenvalue weighted by atomic mass is 79.9. The standard InChI is InChI=1S/C20H27BrO5S/c1-3-27-18(22)10-5-4-6-11-25-19(23)16-8-7-9-17(12-16)20(24)26-14-15(2)13-21/h7-9,12,15H,3-6,10-11,13-14H2,1-2H3. The number of ether oxygens (including phenoxy) is 2. The summed E-state index contributed by atoms with van der Waals surface area (Å²) in [6.45, 7) is 4.54. The normalized spacial score (nSPS) is 11.7. The van der Waals surface area contributed by atoms with Crippen molar-refractivity contribution in [3.8, 4) is 0 Å². The first-order valence-corrected chi connectivity index (χ1v) is 11.2. The summed E-state index contributed by atoms with van der Waals surface area (Å²) in [4.78, 5) is 35.6. The molecule has 0 amide bonds. The predicted molar refractivity (Wildman–Crippen MR) is 112 cm³/mol. The van der Waals surface area contributed by atoms with Crippen molar-refractivity contribution in [1.29, 1.82) is 0 Å². The second-order valence-electron chi connectivity index (χ2n) is 6.19. The smallest absolute Gasteiger partial charge is 0.338 e. The van der Waals surface area contributed by atoms with Gasteiger partial charge in [-0.1, -0.05) is 47.6 Å². The third kappa shape index (κ3) is 9.96. The van der Waals surface area contributed by atoms with Gasteiger partial charge in [0.25, 0.3) is 0 Å². The number of benzene rings is 1. The molecule has 1 aromatic rings. The van der Waals surface area contributed by atoms with E-state index in [1.807, 2.05) is 13.8 Å². The van der Waals surface area contributed by atoms with E-state index in [-0.39, 0.29) is 11.0 Å². The molecule has 0 radical (unpaired) electrons. The molecule has 7 heteroatoms. The Morgan fingerprint density at radius 3 is 2.37 bits per heavy atom. The lowest BCUT2D eigenvalue weighted by molar-refractivity contribution is -0.111. The Balaban J connectivity index is 2.36. The number of halogens is 1. The summed E-state index contributed by atoms with van der Waals surface area (Å²) in [5.41, 5.74) is 0.658. The van der Waals surface area contributed by atoms with Gasteiger partial charge in [0.15, 0.2) is 5.12 Å². The number of alkyl halides is 1. The first kappa shape index (κ1) is 23.7. The van der Waals surface area contributed by atoms with Crippen LogP contribution in [0.15, 0.2) is 24.3 Å². The number of hydrogen-bond donors (Lipinski definition) is 0. The molecule has 27 heavy (non-hydrogen) atoms. The number of hydrogen-bond acceptors (Lipinski definition) is 6. The average molecular weight is 459 g/mol. The molecule has 0 aliphatic carbocycles. The maximum Gasteiger partial charge on any atom is 0.338 e. The summed E-state index contributed by atoms with van der Waals surface area (Å²) in [6.07, 6.45) is 2.91. The van der Waals surface area contributed by atoms with Gasteiger partial charge in [-0.05, 0) is 49.1 Å². The quantitative estimate of drug-likeness (QED) is 0.252. The third-order valence-electron chi connectivity index (χ3n) is 3.66. The van der Waals surface area contributed by atoms with Crippen LogP contribution in [0.25, 0.3) is 0 Å². The minimum Gasteiger partial charge on any atom is -0.462 e. The summed E-state index contributed by atoms with van der Waals surface area (Å²) < 4.78 is 10.5. The van der Waals surface area contributed by atoms with Crippen molar-refractivity contribution in [2.75, 3.05) is 24.3 Å². The molecule has 0 bridgehead atoms. The maximum atomic E-state index is 12.1. The fourth-order valence-electron chi connectivity index (χ4n) is 2.15. The lowest BCUT2D eigenvalue weighted by Crippen LogP contribution is -2.14. The van der Waals surface area contributed by atoms with Gasteiger partial charge in [-0.15, -0.1) is 0 Å². The van der Waals surface area contributed by atoms with Crippen LogP contribution in [0.3, 0.4) is 0 Å². The van der Waals surface area contributed by atoms with Crippen LogP contribution in [0.2, 0.25) is 0 Å². The molecule has 0 N–H and O–H groups in total. The van der Waals surface area contributed by atoms with Gasteiger partial charge in [0, 0.05) is 11.8 Å². The summed E-state index contributed by atoms with van der Waals surface area (Å²) in [5.74, 6) is 0.111. The maximum absolute atomic E-state index is 12.1. The van der Waals surface area contributed by atoms with E-state index < -0.39 is 11.9 Å². The van der Waals surface area contributed by atoms with Crippen molar-refractivity contribution in [2.24, 2.45) is 5.92 Å². The van der Waals surface area contributed by atoms with Gasteiger partial charge in [-0.3, -0.25) is 4.79 Å². The molecule has 150 valence electrons. The molecule has 0 saturated carbocycles. The van der Waals surface area contributed by atoms with E-state index >= 15 is 0 Å².